The molecule has 3 rings (SSSR count). The number of oxime groups is 1. The predicted octanol–water partition coefficient (Wildman–Crippen LogP) is 3.51. The van der Waals surface area contributed by atoms with Crippen molar-refractivity contribution < 1.29 is 23.1 Å². The van der Waals surface area contributed by atoms with Crippen LogP contribution in [0.15, 0.2) is 41.1 Å². The third-order valence-corrected chi connectivity index (χ3v) is 3.90. The molecule has 1 aliphatic carbocycles. The highest BCUT2D eigenvalue weighted by molar-refractivity contribution is 6.06. The van der Waals surface area contributed by atoms with Gasteiger partial charge in [0.2, 0.25) is 0 Å². The van der Waals surface area contributed by atoms with Gasteiger partial charge >= 0.3 is 12.0 Å². The van der Waals surface area contributed by atoms with Crippen molar-refractivity contribution in [2.24, 2.45) is 11.1 Å². The summed E-state index contributed by atoms with van der Waals surface area (Å²) < 4.78 is 39.0. The van der Waals surface area contributed by atoms with Crippen LogP contribution >= 0.6 is 0 Å². The number of halogens is 3. The molecule has 0 amide bonds. The van der Waals surface area contributed by atoms with E-state index in [0.29, 0.717) is 18.4 Å². The molecule has 112 valence electrons. The SMILES string of the molecule is O[C@@]1(C(F)(F)F)ON=C2/C(=C\c3ccccc3)CCC[C@@H]21. The molecule has 0 saturated heterocycles. The van der Waals surface area contributed by atoms with Crippen molar-refractivity contribution >= 4 is 11.8 Å². The van der Waals surface area contributed by atoms with E-state index in [9.17, 15) is 18.3 Å². The highest BCUT2D eigenvalue weighted by Crippen LogP contribution is 2.47. The molecule has 6 heteroatoms. The Labute approximate surface area is 119 Å². The first kappa shape index (κ1) is 14.1. The molecule has 1 fully saturated rings. The first-order valence-corrected chi connectivity index (χ1v) is 6.73. The number of nitrogens with zero attached hydrogens (tertiary/aromatic N) is 1. The van der Waals surface area contributed by atoms with E-state index in [2.05, 4.69) is 9.99 Å². The second kappa shape index (κ2) is 4.87. The van der Waals surface area contributed by atoms with Crippen molar-refractivity contribution in [2.75, 3.05) is 0 Å². The van der Waals surface area contributed by atoms with Crippen LogP contribution in [-0.2, 0) is 4.84 Å². The Morgan fingerprint density at radius 2 is 2.00 bits per heavy atom. The maximum absolute atomic E-state index is 13.0. The van der Waals surface area contributed by atoms with Crippen molar-refractivity contribution in [3.8, 4) is 0 Å². The molecular formula is C15H14F3NO2. The molecule has 1 aromatic rings. The summed E-state index contributed by atoms with van der Waals surface area (Å²) in [6, 6.07) is 9.30. The van der Waals surface area contributed by atoms with Gasteiger partial charge in [-0.3, -0.25) is 0 Å². The van der Waals surface area contributed by atoms with Crippen molar-refractivity contribution in [3.05, 3.63) is 41.5 Å². The Morgan fingerprint density at radius 1 is 1.29 bits per heavy atom. The molecule has 2 aliphatic rings. The zero-order valence-electron chi connectivity index (χ0n) is 11.1. The van der Waals surface area contributed by atoms with Gasteiger partial charge in [0.1, 0.15) is 0 Å². The Morgan fingerprint density at radius 3 is 2.67 bits per heavy atom. The number of alkyl halides is 3. The molecule has 21 heavy (non-hydrogen) atoms. The van der Waals surface area contributed by atoms with Gasteiger partial charge in [-0.05, 0) is 36.5 Å². The monoisotopic (exact) mass is 297 g/mol. The van der Waals surface area contributed by atoms with E-state index in [1.807, 2.05) is 30.3 Å². The van der Waals surface area contributed by atoms with Crippen LogP contribution in [0.3, 0.4) is 0 Å². The van der Waals surface area contributed by atoms with Crippen LogP contribution in [-0.4, -0.2) is 22.8 Å². The lowest BCUT2D eigenvalue weighted by atomic mass is 9.78. The molecule has 1 aliphatic heterocycles. The minimum Gasteiger partial charge on any atom is -0.349 e. The summed E-state index contributed by atoms with van der Waals surface area (Å²) in [5.41, 5.74) is 1.79. The number of benzene rings is 1. The maximum Gasteiger partial charge on any atom is 0.458 e. The van der Waals surface area contributed by atoms with Crippen molar-refractivity contribution in [3.63, 3.8) is 0 Å². The Balaban J connectivity index is 1.93. The molecule has 0 bridgehead atoms. The average molecular weight is 297 g/mol. The first-order chi connectivity index (χ1) is 9.92. The molecule has 1 aromatic carbocycles. The van der Waals surface area contributed by atoms with Gasteiger partial charge in [-0.2, -0.15) is 13.2 Å². The number of aliphatic hydroxyl groups is 1. The standard InChI is InChI=1S/C15H14F3NO2/c16-15(17,18)14(20)12-8-4-7-11(13(12)19-21-14)9-10-5-2-1-3-6-10/h1-3,5-6,9,12,20H,4,7-8H2/b11-9-/t12-,14+/m0/s1. The molecule has 1 heterocycles. The smallest absolute Gasteiger partial charge is 0.349 e. The lowest BCUT2D eigenvalue weighted by Gasteiger charge is -2.32. The summed E-state index contributed by atoms with van der Waals surface area (Å²) >= 11 is 0. The largest absolute Gasteiger partial charge is 0.458 e. The summed E-state index contributed by atoms with van der Waals surface area (Å²) in [6.45, 7) is 0. The van der Waals surface area contributed by atoms with Crippen LogP contribution in [0.2, 0.25) is 0 Å². The summed E-state index contributed by atoms with van der Waals surface area (Å²) in [4.78, 5) is 4.40. The molecular weight excluding hydrogens is 283 g/mol. The van der Waals surface area contributed by atoms with Crippen LogP contribution in [0.5, 0.6) is 0 Å². The van der Waals surface area contributed by atoms with Gasteiger partial charge < -0.3 is 9.94 Å². The Kier molecular flexibility index (Phi) is 3.28. The lowest BCUT2D eigenvalue weighted by Crippen LogP contribution is -2.52. The average Bonchev–Trinajstić information content (AvgIpc) is 2.80. The van der Waals surface area contributed by atoms with E-state index in [0.717, 1.165) is 5.56 Å². The van der Waals surface area contributed by atoms with Gasteiger partial charge in [-0.15, -0.1) is 0 Å². The lowest BCUT2D eigenvalue weighted by molar-refractivity contribution is -0.370. The summed E-state index contributed by atoms with van der Waals surface area (Å²) in [5.74, 6) is -4.35. The summed E-state index contributed by atoms with van der Waals surface area (Å²) in [6.07, 6.45) is -1.67. The fourth-order valence-electron chi connectivity index (χ4n) is 2.82. The number of allylic oxidation sites excluding steroid dienone is 1. The summed E-state index contributed by atoms with van der Waals surface area (Å²) in [5, 5.41) is 13.4. The number of rotatable bonds is 1. The van der Waals surface area contributed by atoms with Crippen molar-refractivity contribution in [1.82, 2.24) is 0 Å². The molecule has 0 radical (unpaired) electrons. The zero-order chi connectivity index (χ0) is 15.1. The highest BCUT2D eigenvalue weighted by Gasteiger charge is 2.66. The molecule has 0 unspecified atom stereocenters. The van der Waals surface area contributed by atoms with E-state index in [-0.39, 0.29) is 12.1 Å². The van der Waals surface area contributed by atoms with E-state index < -0.39 is 17.9 Å². The minimum absolute atomic E-state index is 0.209. The van der Waals surface area contributed by atoms with Crippen LogP contribution < -0.4 is 0 Å². The zero-order valence-corrected chi connectivity index (χ0v) is 11.1. The van der Waals surface area contributed by atoms with E-state index in [1.165, 1.54) is 0 Å². The number of fused-ring (bicyclic) bond motifs is 1. The fourth-order valence-corrected chi connectivity index (χ4v) is 2.82. The van der Waals surface area contributed by atoms with Gasteiger partial charge in [-0.25, -0.2) is 0 Å². The van der Waals surface area contributed by atoms with E-state index in [1.54, 1.807) is 6.08 Å². The Bertz CT molecular complexity index is 595. The predicted molar refractivity (Wildman–Crippen MR) is 71.3 cm³/mol. The van der Waals surface area contributed by atoms with Crippen LogP contribution in [0.4, 0.5) is 13.2 Å². The third kappa shape index (κ3) is 2.33. The van der Waals surface area contributed by atoms with Crippen molar-refractivity contribution in [1.29, 1.82) is 0 Å². The molecule has 1 saturated carbocycles. The third-order valence-electron chi connectivity index (χ3n) is 3.90. The van der Waals surface area contributed by atoms with E-state index in [4.69, 9.17) is 0 Å². The van der Waals surface area contributed by atoms with E-state index >= 15 is 0 Å². The minimum atomic E-state index is -4.86. The van der Waals surface area contributed by atoms with Gasteiger partial charge in [0.05, 0.1) is 11.6 Å². The van der Waals surface area contributed by atoms with Gasteiger partial charge in [-0.1, -0.05) is 35.5 Å². The van der Waals surface area contributed by atoms with Crippen LogP contribution in [0.25, 0.3) is 6.08 Å². The highest BCUT2D eigenvalue weighted by atomic mass is 19.4. The number of hydrogen-bond acceptors (Lipinski definition) is 3. The normalized spacial score (nSPS) is 30.8. The van der Waals surface area contributed by atoms with Crippen LogP contribution in [0.1, 0.15) is 24.8 Å². The maximum atomic E-state index is 13.0. The van der Waals surface area contributed by atoms with Gasteiger partial charge in [0.25, 0.3) is 0 Å². The quantitative estimate of drug-likeness (QED) is 0.862. The Hall–Kier alpha value is -1.82. The van der Waals surface area contributed by atoms with Crippen LogP contribution in [0, 0.1) is 5.92 Å². The fraction of sp³-hybridized carbons (Fsp3) is 0.400. The van der Waals surface area contributed by atoms with Crippen molar-refractivity contribution in [2.45, 2.75) is 31.2 Å². The molecule has 1 N–H and O–H groups in total. The first-order valence-electron chi connectivity index (χ1n) is 6.73. The molecule has 3 nitrogen and oxygen atoms in total. The van der Waals surface area contributed by atoms with Gasteiger partial charge in [0, 0.05) is 0 Å². The topological polar surface area (TPSA) is 41.8 Å². The number of hydrogen-bond donors (Lipinski definition) is 1. The molecule has 0 spiro atoms. The second-order valence-corrected chi connectivity index (χ2v) is 5.29. The summed E-state index contributed by atoms with van der Waals surface area (Å²) in [7, 11) is 0. The second-order valence-electron chi connectivity index (χ2n) is 5.29. The van der Waals surface area contributed by atoms with Gasteiger partial charge in [0.15, 0.2) is 0 Å². The molecule has 2 atom stereocenters. The molecule has 0 aromatic heterocycles.